The minimum absolute atomic E-state index is 0.757. The lowest BCUT2D eigenvalue weighted by Crippen LogP contribution is -2.28. The fourth-order valence-corrected chi connectivity index (χ4v) is 2.65. The van der Waals surface area contributed by atoms with E-state index in [9.17, 15) is 0 Å². The lowest BCUT2D eigenvalue weighted by Gasteiger charge is -2.26. The fourth-order valence-electron chi connectivity index (χ4n) is 2.65. The van der Waals surface area contributed by atoms with E-state index in [2.05, 4.69) is 27.1 Å². The topological polar surface area (TPSA) is 44.9 Å². The molecule has 0 bridgehead atoms. The molecule has 0 spiro atoms. The summed E-state index contributed by atoms with van der Waals surface area (Å²) in [6.07, 6.45) is 3.99. The first-order chi connectivity index (χ1) is 9.83. The van der Waals surface area contributed by atoms with Gasteiger partial charge in [-0.05, 0) is 24.3 Å². The Hall–Kier alpha value is -2.75. The molecule has 0 saturated heterocycles. The van der Waals surface area contributed by atoms with E-state index in [1.54, 1.807) is 0 Å². The van der Waals surface area contributed by atoms with Crippen molar-refractivity contribution in [3.63, 3.8) is 0 Å². The van der Waals surface area contributed by atoms with Crippen molar-refractivity contribution in [1.82, 2.24) is 0 Å². The van der Waals surface area contributed by atoms with Crippen molar-refractivity contribution in [3.8, 4) is 0 Å². The predicted octanol–water partition coefficient (Wildman–Crippen LogP) is 3.11. The Morgan fingerprint density at radius 2 is 1.70 bits per heavy atom. The Morgan fingerprint density at radius 1 is 0.950 bits per heavy atom. The molecule has 0 atom stereocenters. The molecule has 2 aromatic carbocycles. The van der Waals surface area contributed by atoms with Gasteiger partial charge in [0.25, 0.3) is 0 Å². The third-order valence-electron chi connectivity index (χ3n) is 3.65. The minimum Gasteiger partial charge on any atom is -0.397 e. The quantitative estimate of drug-likeness (QED) is 0.803. The van der Waals surface area contributed by atoms with E-state index in [1.807, 2.05) is 48.7 Å². The van der Waals surface area contributed by atoms with E-state index >= 15 is 0 Å². The summed E-state index contributed by atoms with van der Waals surface area (Å²) in [5.41, 5.74) is 11.1. The third kappa shape index (κ3) is 1.58. The fraction of sp³-hybridized carbons (Fsp3) is 0.0625. The van der Waals surface area contributed by atoms with Gasteiger partial charge in [-0.25, -0.2) is 0 Å². The molecule has 0 fully saturated rings. The molecule has 0 saturated carbocycles. The van der Waals surface area contributed by atoms with Crippen LogP contribution < -0.4 is 15.5 Å². The van der Waals surface area contributed by atoms with Crippen molar-refractivity contribution in [2.24, 2.45) is 4.99 Å². The lowest BCUT2D eigenvalue weighted by atomic mass is 10.2. The molecule has 4 rings (SSSR count). The number of fused-ring (bicyclic) bond motifs is 3. The number of anilines is 3. The van der Waals surface area contributed by atoms with Gasteiger partial charge >= 0.3 is 0 Å². The molecule has 0 aromatic heterocycles. The van der Waals surface area contributed by atoms with Crippen molar-refractivity contribution in [1.29, 1.82) is 0 Å². The number of para-hydroxylation sites is 4. The van der Waals surface area contributed by atoms with Gasteiger partial charge in [-0.3, -0.25) is 4.99 Å². The van der Waals surface area contributed by atoms with Crippen LogP contribution >= 0.6 is 0 Å². The normalized spacial score (nSPS) is 15.9. The van der Waals surface area contributed by atoms with E-state index in [0.717, 1.165) is 35.1 Å². The summed E-state index contributed by atoms with van der Waals surface area (Å²) in [6, 6.07) is 16.1. The zero-order valence-corrected chi connectivity index (χ0v) is 10.9. The summed E-state index contributed by atoms with van der Waals surface area (Å²) < 4.78 is 0. The van der Waals surface area contributed by atoms with Crippen LogP contribution in [0.4, 0.5) is 22.7 Å². The molecular weight excluding hydrogens is 248 g/mol. The molecule has 0 amide bonds. The summed E-state index contributed by atoms with van der Waals surface area (Å²) in [5, 5.41) is 0. The smallest absolute Gasteiger partial charge is 0.0997 e. The van der Waals surface area contributed by atoms with Crippen LogP contribution in [0.3, 0.4) is 0 Å². The first kappa shape index (κ1) is 11.1. The van der Waals surface area contributed by atoms with Crippen LogP contribution in [0.15, 0.2) is 65.4 Å². The first-order valence-electron chi connectivity index (χ1n) is 6.56. The van der Waals surface area contributed by atoms with Crippen molar-refractivity contribution in [2.45, 2.75) is 0 Å². The molecule has 2 heterocycles. The standard InChI is InChI=1S/C16H14N4/c17-13-5-1-3-7-15(13)19-10-12-9-18-14-6-2-4-8-16(14)20(12)11-19/h1-10H,11,17H2. The molecule has 20 heavy (non-hydrogen) atoms. The Balaban J connectivity index is 1.74. The maximum Gasteiger partial charge on any atom is 0.0997 e. The molecule has 0 radical (unpaired) electrons. The van der Waals surface area contributed by atoms with Gasteiger partial charge in [0.1, 0.15) is 0 Å². The maximum atomic E-state index is 6.06. The minimum atomic E-state index is 0.757. The second-order valence-corrected chi connectivity index (χ2v) is 4.90. The zero-order chi connectivity index (χ0) is 13.5. The number of rotatable bonds is 1. The highest BCUT2D eigenvalue weighted by molar-refractivity contribution is 5.95. The Labute approximate surface area is 117 Å². The summed E-state index contributed by atoms with van der Waals surface area (Å²) in [5.74, 6) is 0. The van der Waals surface area contributed by atoms with Crippen LogP contribution in [0.2, 0.25) is 0 Å². The summed E-state index contributed by atoms with van der Waals surface area (Å²) in [4.78, 5) is 8.89. The van der Waals surface area contributed by atoms with Gasteiger partial charge in [0.05, 0.1) is 41.3 Å². The average Bonchev–Trinajstić information content (AvgIpc) is 2.92. The number of hydrogen-bond donors (Lipinski definition) is 1. The summed E-state index contributed by atoms with van der Waals surface area (Å²) in [7, 11) is 0. The molecule has 2 aromatic rings. The van der Waals surface area contributed by atoms with Gasteiger partial charge in [-0.2, -0.15) is 0 Å². The predicted molar refractivity (Wildman–Crippen MR) is 83.4 cm³/mol. The second-order valence-electron chi connectivity index (χ2n) is 4.90. The van der Waals surface area contributed by atoms with Crippen LogP contribution in [-0.4, -0.2) is 12.9 Å². The third-order valence-corrected chi connectivity index (χ3v) is 3.65. The second kappa shape index (κ2) is 4.13. The molecule has 4 heteroatoms. The highest BCUT2D eigenvalue weighted by Gasteiger charge is 2.26. The van der Waals surface area contributed by atoms with Gasteiger partial charge in [0, 0.05) is 6.20 Å². The molecular formula is C16H14N4. The lowest BCUT2D eigenvalue weighted by molar-refractivity contribution is 0.964. The number of allylic oxidation sites excluding steroid dienone is 1. The zero-order valence-electron chi connectivity index (χ0n) is 10.9. The van der Waals surface area contributed by atoms with Crippen LogP contribution in [-0.2, 0) is 0 Å². The summed E-state index contributed by atoms with van der Waals surface area (Å²) >= 11 is 0. The monoisotopic (exact) mass is 262 g/mol. The van der Waals surface area contributed by atoms with Crippen molar-refractivity contribution >= 4 is 29.0 Å². The molecule has 2 aliphatic rings. The number of nitrogens with zero attached hydrogens (tertiary/aromatic N) is 3. The highest BCUT2D eigenvalue weighted by atomic mass is 15.4. The maximum absolute atomic E-state index is 6.06. The number of benzene rings is 2. The Morgan fingerprint density at radius 3 is 2.55 bits per heavy atom. The SMILES string of the molecule is Nc1ccccc1N1C=C2C=Nc3ccccc3N2C1. The summed E-state index contributed by atoms with van der Waals surface area (Å²) in [6.45, 7) is 0.757. The Kier molecular flexibility index (Phi) is 2.29. The molecule has 2 aliphatic heterocycles. The molecule has 2 N–H and O–H groups in total. The van der Waals surface area contributed by atoms with E-state index in [4.69, 9.17) is 5.73 Å². The molecule has 0 aliphatic carbocycles. The van der Waals surface area contributed by atoms with Crippen molar-refractivity contribution < 1.29 is 0 Å². The van der Waals surface area contributed by atoms with Crippen molar-refractivity contribution in [3.05, 3.63) is 60.4 Å². The van der Waals surface area contributed by atoms with Crippen LogP contribution in [0, 0.1) is 0 Å². The van der Waals surface area contributed by atoms with Crippen LogP contribution in [0.5, 0.6) is 0 Å². The molecule has 4 nitrogen and oxygen atoms in total. The largest absolute Gasteiger partial charge is 0.397 e. The average molecular weight is 262 g/mol. The van der Waals surface area contributed by atoms with E-state index < -0.39 is 0 Å². The van der Waals surface area contributed by atoms with E-state index in [0.29, 0.717) is 0 Å². The molecule has 98 valence electrons. The van der Waals surface area contributed by atoms with Crippen molar-refractivity contribution in [2.75, 3.05) is 22.2 Å². The van der Waals surface area contributed by atoms with Gasteiger partial charge in [0.2, 0.25) is 0 Å². The molecule has 0 unspecified atom stereocenters. The Bertz CT molecular complexity index is 733. The van der Waals surface area contributed by atoms with Crippen LogP contribution in [0.25, 0.3) is 0 Å². The van der Waals surface area contributed by atoms with E-state index in [-0.39, 0.29) is 0 Å². The number of nitrogen functional groups attached to an aromatic ring is 1. The van der Waals surface area contributed by atoms with Crippen LogP contribution in [0.1, 0.15) is 0 Å². The number of aliphatic imine (C=N–C) groups is 1. The van der Waals surface area contributed by atoms with Gasteiger partial charge in [-0.15, -0.1) is 0 Å². The first-order valence-corrected chi connectivity index (χ1v) is 6.56. The number of hydrogen-bond acceptors (Lipinski definition) is 4. The number of nitrogens with two attached hydrogens (primary N) is 1. The van der Waals surface area contributed by atoms with Gasteiger partial charge in [0.15, 0.2) is 0 Å². The van der Waals surface area contributed by atoms with E-state index in [1.165, 1.54) is 0 Å². The highest BCUT2D eigenvalue weighted by Crippen LogP contribution is 2.38. The van der Waals surface area contributed by atoms with Gasteiger partial charge < -0.3 is 15.5 Å². The van der Waals surface area contributed by atoms with Gasteiger partial charge in [-0.1, -0.05) is 24.3 Å².